The molecule has 0 aromatic carbocycles. The summed E-state index contributed by atoms with van der Waals surface area (Å²) in [5.74, 6) is -3.79. The third-order valence-electron chi connectivity index (χ3n) is 1.18. The third kappa shape index (κ3) is 16.0. The quantitative estimate of drug-likeness (QED) is 0.376. The Balaban J connectivity index is 0. The number of hydrogen-bond donors (Lipinski definition) is 1. The van der Waals surface area contributed by atoms with Gasteiger partial charge in [0.15, 0.2) is 0 Å². The summed E-state index contributed by atoms with van der Waals surface area (Å²) in [6.45, 7) is 3.37. The van der Waals surface area contributed by atoms with Crippen LogP contribution >= 0.6 is 0 Å². The highest BCUT2D eigenvalue weighted by Crippen LogP contribution is 2.24. The van der Waals surface area contributed by atoms with Crippen LogP contribution in [0.1, 0.15) is 13.3 Å². The minimum absolute atomic E-state index is 0.0961. The van der Waals surface area contributed by atoms with Crippen LogP contribution in [0.15, 0.2) is 24.5 Å². The lowest BCUT2D eigenvalue weighted by Gasteiger charge is -2.07. The summed E-state index contributed by atoms with van der Waals surface area (Å²) in [7, 11) is 0. The molecular weight excluding hydrogens is 298 g/mol. The fourth-order valence-electron chi connectivity index (χ4n) is 0.525. The summed E-state index contributed by atoms with van der Waals surface area (Å²) in [6, 6.07) is 0. The maximum absolute atomic E-state index is 11.4. The van der Waals surface area contributed by atoms with Gasteiger partial charge in [0.25, 0.3) is 0 Å². The molecule has 0 amide bonds. The third-order valence-corrected chi connectivity index (χ3v) is 1.18. The summed E-state index contributed by atoms with van der Waals surface area (Å²) in [5, 5.41) is 7.89. The highest BCUT2D eigenvalue weighted by molar-refractivity contribution is 5.68. The standard InChI is InChI=1S/2C5H5F3O2/c1-3(5(6,7)8)10-4(2)9;6-5(7,8)3-1-2-4(9)10/h1H2,2H3;1,3H,2H2,(H,9,10). The maximum atomic E-state index is 11.4. The molecule has 0 unspecified atom stereocenters. The summed E-state index contributed by atoms with van der Waals surface area (Å²) in [6.07, 6.45) is -9.19. The smallest absolute Gasteiger partial charge is 0.449 e. The van der Waals surface area contributed by atoms with Crippen molar-refractivity contribution >= 4 is 11.9 Å². The Kier molecular flexibility index (Phi) is 8.36. The lowest BCUT2D eigenvalue weighted by Crippen LogP contribution is -2.15. The molecule has 0 saturated heterocycles. The SMILES string of the molecule is C=C(OC(C)=O)C(F)(F)F.O=C(O)CC=CC(F)(F)F. The molecule has 0 aliphatic carbocycles. The number of carboxylic acids is 1. The molecule has 0 bridgehead atoms. The first-order valence-corrected chi connectivity index (χ1v) is 4.66. The van der Waals surface area contributed by atoms with Crippen LogP contribution in [0.5, 0.6) is 0 Å². The van der Waals surface area contributed by atoms with Crippen LogP contribution in [0, 0.1) is 0 Å². The predicted molar refractivity (Wildman–Crippen MR) is 54.4 cm³/mol. The number of aliphatic carboxylic acids is 1. The zero-order valence-electron chi connectivity index (χ0n) is 10.0. The van der Waals surface area contributed by atoms with E-state index in [4.69, 9.17) is 5.11 Å². The van der Waals surface area contributed by atoms with Gasteiger partial charge in [0.05, 0.1) is 6.42 Å². The minimum atomic E-state index is -4.65. The molecular formula is C10H10F6O4. The molecule has 10 heteroatoms. The van der Waals surface area contributed by atoms with Crippen molar-refractivity contribution in [3.8, 4) is 0 Å². The normalized spacial score (nSPS) is 11.6. The Hall–Kier alpha value is -2.00. The molecule has 0 aliphatic heterocycles. The van der Waals surface area contributed by atoms with Gasteiger partial charge < -0.3 is 9.84 Å². The van der Waals surface area contributed by atoms with Crippen LogP contribution in [0.25, 0.3) is 0 Å². The average molecular weight is 308 g/mol. The first-order chi connectivity index (χ1) is 8.75. The zero-order chi connectivity index (χ0) is 16.6. The fourth-order valence-corrected chi connectivity index (χ4v) is 0.525. The number of alkyl halides is 6. The van der Waals surface area contributed by atoms with Gasteiger partial charge in [0.2, 0.25) is 5.76 Å². The first kappa shape index (κ1) is 20.3. The van der Waals surface area contributed by atoms with Crippen molar-refractivity contribution in [3.05, 3.63) is 24.5 Å². The van der Waals surface area contributed by atoms with E-state index >= 15 is 0 Å². The Labute approximate surface area is 109 Å². The van der Waals surface area contributed by atoms with Gasteiger partial charge in [-0.2, -0.15) is 26.3 Å². The van der Waals surface area contributed by atoms with Crippen LogP contribution in [0.3, 0.4) is 0 Å². The van der Waals surface area contributed by atoms with Gasteiger partial charge in [-0.05, 0) is 0 Å². The first-order valence-electron chi connectivity index (χ1n) is 4.66. The van der Waals surface area contributed by atoms with Crippen LogP contribution in [0.2, 0.25) is 0 Å². The van der Waals surface area contributed by atoms with Crippen molar-refractivity contribution in [2.24, 2.45) is 0 Å². The van der Waals surface area contributed by atoms with Gasteiger partial charge in [0, 0.05) is 13.0 Å². The number of carbonyl (C=O) groups is 2. The summed E-state index contributed by atoms with van der Waals surface area (Å²) >= 11 is 0. The molecule has 0 rings (SSSR count). The zero-order valence-corrected chi connectivity index (χ0v) is 10.0. The molecule has 20 heavy (non-hydrogen) atoms. The largest absolute Gasteiger partial charge is 0.481 e. The van der Waals surface area contributed by atoms with E-state index in [0.717, 1.165) is 6.92 Å². The van der Waals surface area contributed by atoms with E-state index < -0.39 is 36.5 Å². The molecule has 0 radical (unpaired) electrons. The topological polar surface area (TPSA) is 63.6 Å². The molecule has 116 valence electrons. The van der Waals surface area contributed by atoms with Gasteiger partial charge in [-0.15, -0.1) is 0 Å². The molecule has 0 aromatic heterocycles. The van der Waals surface area contributed by atoms with Crippen molar-refractivity contribution in [1.29, 1.82) is 0 Å². The van der Waals surface area contributed by atoms with Gasteiger partial charge in [0.1, 0.15) is 0 Å². The molecule has 0 fully saturated rings. The number of rotatable bonds is 3. The average Bonchev–Trinajstić information content (AvgIpc) is 2.12. The van der Waals surface area contributed by atoms with Gasteiger partial charge in [-0.1, -0.05) is 12.7 Å². The van der Waals surface area contributed by atoms with E-state index in [1.807, 2.05) is 0 Å². The molecule has 0 aliphatic rings. The molecule has 0 saturated carbocycles. The number of carboxylic acid groups (broad SMARTS) is 1. The van der Waals surface area contributed by atoms with Gasteiger partial charge in [-0.25, -0.2) is 0 Å². The van der Waals surface area contributed by atoms with E-state index in [2.05, 4.69) is 11.3 Å². The number of halogens is 6. The molecule has 1 N–H and O–H groups in total. The number of hydrogen-bond acceptors (Lipinski definition) is 3. The molecule has 0 aromatic rings. The van der Waals surface area contributed by atoms with Crippen molar-refractivity contribution in [1.82, 2.24) is 0 Å². The molecule has 0 spiro atoms. The minimum Gasteiger partial charge on any atom is -0.481 e. The fraction of sp³-hybridized carbons (Fsp3) is 0.400. The second-order valence-electron chi connectivity index (χ2n) is 3.06. The predicted octanol–water partition coefficient (Wildman–Crippen LogP) is 3.21. The monoisotopic (exact) mass is 308 g/mol. The molecule has 4 nitrogen and oxygen atoms in total. The van der Waals surface area contributed by atoms with E-state index in [-0.39, 0.29) is 6.08 Å². The van der Waals surface area contributed by atoms with Crippen LogP contribution in [-0.4, -0.2) is 29.4 Å². The lowest BCUT2D eigenvalue weighted by atomic mass is 10.4. The van der Waals surface area contributed by atoms with Crippen molar-refractivity contribution in [2.45, 2.75) is 25.7 Å². The second-order valence-corrected chi connectivity index (χ2v) is 3.06. The van der Waals surface area contributed by atoms with Gasteiger partial charge >= 0.3 is 24.3 Å². The van der Waals surface area contributed by atoms with Crippen molar-refractivity contribution < 1.29 is 45.8 Å². The van der Waals surface area contributed by atoms with E-state index in [9.17, 15) is 35.9 Å². The number of carbonyl (C=O) groups excluding carboxylic acids is 1. The number of esters is 1. The maximum Gasteiger partial charge on any atom is 0.449 e. The highest BCUT2D eigenvalue weighted by atomic mass is 19.4. The van der Waals surface area contributed by atoms with Crippen LogP contribution in [-0.2, 0) is 14.3 Å². The number of allylic oxidation sites excluding steroid dienone is 2. The Morgan fingerprint density at radius 1 is 1.20 bits per heavy atom. The second kappa shape index (κ2) is 8.23. The molecule has 0 atom stereocenters. The molecule has 0 heterocycles. The Bertz CT molecular complexity index is 380. The summed E-state index contributed by atoms with van der Waals surface area (Å²) in [4.78, 5) is 19.6. The summed E-state index contributed by atoms with van der Waals surface area (Å²) < 4.78 is 71.6. The van der Waals surface area contributed by atoms with Crippen molar-refractivity contribution in [3.63, 3.8) is 0 Å². The lowest BCUT2D eigenvalue weighted by molar-refractivity contribution is -0.157. The Morgan fingerprint density at radius 2 is 1.65 bits per heavy atom. The van der Waals surface area contributed by atoms with E-state index in [0.29, 0.717) is 6.08 Å². The van der Waals surface area contributed by atoms with E-state index in [1.165, 1.54) is 0 Å². The number of ether oxygens (including phenoxy) is 1. The van der Waals surface area contributed by atoms with E-state index in [1.54, 1.807) is 0 Å². The van der Waals surface area contributed by atoms with Crippen LogP contribution < -0.4 is 0 Å². The van der Waals surface area contributed by atoms with Gasteiger partial charge in [-0.3, -0.25) is 9.59 Å². The van der Waals surface area contributed by atoms with Crippen molar-refractivity contribution in [2.75, 3.05) is 0 Å². The highest BCUT2D eigenvalue weighted by Gasteiger charge is 2.34. The Morgan fingerprint density at radius 3 is 1.85 bits per heavy atom. The van der Waals surface area contributed by atoms with Crippen LogP contribution in [0.4, 0.5) is 26.3 Å². The summed E-state index contributed by atoms with van der Waals surface area (Å²) in [5.41, 5.74) is 0.